The number of anilines is 1. The average molecular weight is 222 g/mol. The summed E-state index contributed by atoms with van der Waals surface area (Å²) in [5, 5.41) is 15.1. The minimum absolute atomic E-state index is 0.474. The second kappa shape index (κ2) is 3.82. The number of fused-ring (bicyclic) bond motifs is 1. The summed E-state index contributed by atoms with van der Waals surface area (Å²) < 4.78 is 1.08. The Morgan fingerprint density at radius 1 is 1.53 bits per heavy atom. The number of aromatic nitrogens is 1. The maximum absolute atomic E-state index is 10.6. The Morgan fingerprint density at radius 2 is 2.33 bits per heavy atom. The maximum Gasteiger partial charge on any atom is 0.148 e. The van der Waals surface area contributed by atoms with Crippen LogP contribution in [0.3, 0.4) is 0 Å². The third-order valence-corrected chi connectivity index (χ3v) is 2.75. The van der Waals surface area contributed by atoms with Gasteiger partial charge in [0.15, 0.2) is 0 Å². The van der Waals surface area contributed by atoms with Crippen molar-refractivity contribution in [3.63, 3.8) is 0 Å². The van der Waals surface area contributed by atoms with Crippen molar-refractivity contribution in [1.29, 1.82) is 0 Å². The second-order valence-corrected chi connectivity index (χ2v) is 4.33. The van der Waals surface area contributed by atoms with Crippen LogP contribution in [-0.4, -0.2) is 16.9 Å². The largest absolute Gasteiger partial charge is 0.696 e. The number of hydrogen-bond acceptors (Lipinski definition) is 4. The predicted octanol–water partition coefficient (Wildman–Crippen LogP) is 2.52. The Bertz CT molecular complexity index is 516. The van der Waals surface area contributed by atoms with Crippen LogP contribution in [0, 0.1) is 12.1 Å². The Hall–Kier alpha value is -1.69. The van der Waals surface area contributed by atoms with E-state index in [4.69, 9.17) is 0 Å². The number of benzene rings is 1. The van der Waals surface area contributed by atoms with Gasteiger partial charge in [-0.3, -0.25) is 0 Å². The fraction of sp³-hybridized carbons (Fsp3) is 0.222. The number of rotatable bonds is 2. The topological polar surface area (TPSA) is 63.3 Å². The van der Waals surface area contributed by atoms with Crippen LogP contribution in [0.5, 0.6) is 0 Å². The van der Waals surface area contributed by atoms with Gasteiger partial charge in [0.2, 0.25) is 0 Å². The van der Waals surface area contributed by atoms with E-state index >= 15 is 0 Å². The highest BCUT2D eigenvalue weighted by molar-refractivity contribution is 7.18. The van der Waals surface area contributed by atoms with Crippen LogP contribution in [0.25, 0.3) is 10.2 Å². The quantitative estimate of drug-likeness (QED) is 0.482. The normalized spacial score (nSPS) is 12.0. The van der Waals surface area contributed by atoms with Crippen LogP contribution in [0.15, 0.2) is 23.4 Å². The minimum Gasteiger partial charge on any atom is -0.696 e. The lowest BCUT2D eigenvalue weighted by atomic mass is 10.3. The number of hydroxylamine groups is 1. The van der Waals surface area contributed by atoms with E-state index < -0.39 is 0 Å². The molecule has 0 radical (unpaired) electrons. The highest BCUT2D eigenvalue weighted by atomic mass is 32.1. The molecule has 0 amide bonds. The molecule has 0 fully saturated rings. The highest BCUT2D eigenvalue weighted by Crippen LogP contribution is 2.24. The molecule has 1 N–H and O–H groups in total. The molecule has 0 atom stereocenters. The van der Waals surface area contributed by atoms with Gasteiger partial charge in [-0.1, -0.05) is 0 Å². The zero-order valence-corrected chi connectivity index (χ0v) is 9.21. The molecule has 6 heteroatoms. The van der Waals surface area contributed by atoms with Crippen molar-refractivity contribution in [2.24, 2.45) is 5.22 Å². The van der Waals surface area contributed by atoms with Gasteiger partial charge in [-0.25, -0.2) is 4.98 Å². The van der Waals surface area contributed by atoms with Gasteiger partial charge in [-0.05, 0) is 19.1 Å². The Kier molecular flexibility index (Phi) is 2.51. The molecule has 0 aliphatic rings. The molecule has 1 aromatic heterocycles. The molecule has 0 aliphatic heterocycles. The van der Waals surface area contributed by atoms with Crippen molar-refractivity contribution in [3.05, 3.63) is 28.4 Å². The van der Waals surface area contributed by atoms with E-state index in [0.29, 0.717) is 4.86 Å². The lowest BCUT2D eigenvalue weighted by Crippen LogP contribution is -1.96. The Balaban J connectivity index is 2.34. The zero-order valence-electron chi connectivity index (χ0n) is 8.39. The molecule has 78 valence electrons. The Morgan fingerprint density at radius 3 is 3.07 bits per heavy atom. The van der Waals surface area contributed by atoms with Gasteiger partial charge >= 0.3 is 0 Å². The fourth-order valence-electron chi connectivity index (χ4n) is 1.24. The predicted molar refractivity (Wildman–Crippen MR) is 60.0 cm³/mol. The molecule has 0 unspecified atom stereocenters. The third-order valence-electron chi connectivity index (χ3n) is 1.82. The molecule has 0 spiro atoms. The van der Waals surface area contributed by atoms with E-state index in [1.54, 1.807) is 11.3 Å². The third kappa shape index (κ3) is 2.21. The van der Waals surface area contributed by atoms with Gasteiger partial charge in [0.05, 0.1) is 20.4 Å². The molecule has 0 aliphatic carbocycles. The first-order valence-corrected chi connectivity index (χ1v) is 5.21. The van der Waals surface area contributed by atoms with E-state index in [9.17, 15) is 5.21 Å². The SMILES string of the molecule is Cc1nc2ccc(NN=[N+](C)[O-])cc2s1. The Labute approximate surface area is 90.6 Å². The molecule has 1 aromatic carbocycles. The van der Waals surface area contributed by atoms with E-state index in [0.717, 1.165) is 20.9 Å². The van der Waals surface area contributed by atoms with E-state index in [2.05, 4.69) is 15.6 Å². The number of nitrogens with one attached hydrogen (secondary N) is 1. The standard InChI is InChI=1S/C9H10N4OS/c1-6-10-8-4-3-7(5-9(8)15-6)11-12-13(2)14/h3-5,11H,1-2H3. The van der Waals surface area contributed by atoms with Gasteiger partial charge in [0, 0.05) is 6.07 Å². The smallest absolute Gasteiger partial charge is 0.148 e. The van der Waals surface area contributed by atoms with Crippen molar-refractivity contribution in [2.45, 2.75) is 6.92 Å². The molecule has 2 rings (SSSR count). The van der Waals surface area contributed by atoms with Gasteiger partial charge in [0.25, 0.3) is 0 Å². The zero-order chi connectivity index (χ0) is 10.8. The molecule has 0 saturated carbocycles. The number of nitrogens with zero attached hydrogens (tertiary/aromatic N) is 3. The minimum atomic E-state index is 0.474. The first kappa shape index (κ1) is 9.85. The monoisotopic (exact) mass is 222 g/mol. The lowest BCUT2D eigenvalue weighted by Gasteiger charge is -1.97. The summed E-state index contributed by atoms with van der Waals surface area (Å²) in [7, 11) is 1.32. The number of hydrogen-bond donors (Lipinski definition) is 1. The van der Waals surface area contributed by atoms with Crippen LogP contribution < -0.4 is 5.43 Å². The average Bonchev–Trinajstić information content (AvgIpc) is 2.53. The molecular formula is C9H10N4OS. The van der Waals surface area contributed by atoms with Crippen molar-refractivity contribution >= 4 is 27.2 Å². The fourth-order valence-corrected chi connectivity index (χ4v) is 2.10. The summed E-state index contributed by atoms with van der Waals surface area (Å²) in [5.41, 5.74) is 4.42. The summed E-state index contributed by atoms with van der Waals surface area (Å²) in [6.07, 6.45) is 0. The van der Waals surface area contributed by atoms with Crippen molar-refractivity contribution in [2.75, 3.05) is 12.5 Å². The van der Waals surface area contributed by atoms with Gasteiger partial charge in [-0.2, -0.15) is 4.86 Å². The van der Waals surface area contributed by atoms with Gasteiger partial charge in [0.1, 0.15) is 12.7 Å². The summed E-state index contributed by atoms with van der Waals surface area (Å²) in [4.78, 5) is 4.81. The second-order valence-electron chi connectivity index (χ2n) is 3.09. The molecule has 0 saturated heterocycles. The molecule has 0 bridgehead atoms. The van der Waals surface area contributed by atoms with Crippen molar-refractivity contribution in [3.8, 4) is 0 Å². The van der Waals surface area contributed by atoms with Crippen LogP contribution >= 0.6 is 11.3 Å². The first-order chi connectivity index (χ1) is 7.15. The molecule has 5 nitrogen and oxygen atoms in total. The van der Waals surface area contributed by atoms with E-state index in [1.165, 1.54) is 7.05 Å². The number of aryl methyl sites for hydroxylation is 1. The summed E-state index contributed by atoms with van der Waals surface area (Å²) in [6.45, 7) is 1.97. The van der Waals surface area contributed by atoms with Crippen LogP contribution in [0.2, 0.25) is 0 Å². The first-order valence-electron chi connectivity index (χ1n) is 4.40. The molecule has 1 heterocycles. The lowest BCUT2D eigenvalue weighted by molar-refractivity contribution is -0.497. The van der Waals surface area contributed by atoms with Gasteiger partial charge < -0.3 is 5.21 Å². The summed E-state index contributed by atoms with van der Waals surface area (Å²) in [6, 6.07) is 5.67. The maximum atomic E-state index is 10.6. The molecular weight excluding hydrogens is 212 g/mol. The van der Waals surface area contributed by atoms with Crippen molar-refractivity contribution in [1.82, 2.24) is 4.98 Å². The van der Waals surface area contributed by atoms with Crippen molar-refractivity contribution < 1.29 is 4.86 Å². The number of thiazole rings is 1. The van der Waals surface area contributed by atoms with Crippen LogP contribution in [-0.2, 0) is 0 Å². The van der Waals surface area contributed by atoms with Crippen LogP contribution in [0.1, 0.15) is 5.01 Å². The summed E-state index contributed by atoms with van der Waals surface area (Å²) >= 11 is 1.62. The molecule has 15 heavy (non-hydrogen) atoms. The van der Waals surface area contributed by atoms with E-state index in [-0.39, 0.29) is 0 Å². The van der Waals surface area contributed by atoms with Gasteiger partial charge in [-0.15, -0.1) is 16.8 Å². The highest BCUT2D eigenvalue weighted by Gasteiger charge is 2.03. The molecule has 2 aromatic rings. The van der Waals surface area contributed by atoms with Crippen LogP contribution in [0.4, 0.5) is 5.69 Å². The van der Waals surface area contributed by atoms with E-state index in [1.807, 2.05) is 25.1 Å². The summed E-state index contributed by atoms with van der Waals surface area (Å²) in [5.74, 6) is 0.